The molecule has 0 saturated carbocycles. The van der Waals surface area contributed by atoms with Gasteiger partial charge in [0.1, 0.15) is 30.5 Å². The van der Waals surface area contributed by atoms with E-state index in [0.29, 0.717) is 12.8 Å². The first-order chi connectivity index (χ1) is 27.3. The summed E-state index contributed by atoms with van der Waals surface area (Å²) in [7, 11) is 0. The van der Waals surface area contributed by atoms with Crippen LogP contribution in [0.25, 0.3) is 0 Å². The molecule has 1 amide bonds. The van der Waals surface area contributed by atoms with Gasteiger partial charge in [0.05, 0.1) is 25.4 Å². The van der Waals surface area contributed by atoms with E-state index in [-0.39, 0.29) is 6.61 Å². The van der Waals surface area contributed by atoms with Gasteiger partial charge < -0.3 is 45.4 Å². The van der Waals surface area contributed by atoms with Crippen molar-refractivity contribution in [1.29, 1.82) is 0 Å². The van der Waals surface area contributed by atoms with E-state index < -0.39 is 61.5 Å². The van der Waals surface area contributed by atoms with Crippen LogP contribution in [0.2, 0.25) is 0 Å². The highest BCUT2D eigenvalue weighted by atomic mass is 16.7. The maximum atomic E-state index is 13.0. The number of ether oxygens (including phenoxy) is 2. The van der Waals surface area contributed by atoms with Crippen molar-refractivity contribution in [2.45, 2.75) is 236 Å². The van der Waals surface area contributed by atoms with Crippen molar-refractivity contribution >= 4 is 5.91 Å². The number of aliphatic hydroxyl groups is 6. The van der Waals surface area contributed by atoms with Gasteiger partial charge in [-0.15, -0.1) is 0 Å². The van der Waals surface area contributed by atoms with Crippen LogP contribution in [0.5, 0.6) is 0 Å². The number of hydrogen-bond donors (Lipinski definition) is 7. The molecular weight excluding hydrogens is 711 g/mol. The lowest BCUT2D eigenvalue weighted by Gasteiger charge is -2.40. The normalized spacial score (nSPS) is 22.0. The maximum Gasteiger partial charge on any atom is 0.249 e. The molecule has 0 bridgehead atoms. The van der Waals surface area contributed by atoms with Gasteiger partial charge in [-0.3, -0.25) is 4.79 Å². The van der Waals surface area contributed by atoms with Gasteiger partial charge in [0.15, 0.2) is 6.29 Å². The topological polar surface area (TPSA) is 169 Å². The second kappa shape index (κ2) is 36.4. The molecule has 0 radical (unpaired) electrons. The Kier molecular flexibility index (Phi) is 34.1. The van der Waals surface area contributed by atoms with Gasteiger partial charge in [-0.05, 0) is 44.9 Å². The molecule has 0 spiro atoms. The minimum Gasteiger partial charge on any atom is -0.394 e. The van der Waals surface area contributed by atoms with Gasteiger partial charge in [0, 0.05) is 0 Å². The second-order valence-corrected chi connectivity index (χ2v) is 16.0. The number of amides is 1. The molecule has 1 rings (SSSR count). The van der Waals surface area contributed by atoms with Crippen molar-refractivity contribution in [3.05, 3.63) is 36.5 Å². The number of hydrogen-bond acceptors (Lipinski definition) is 9. The van der Waals surface area contributed by atoms with Gasteiger partial charge in [0.2, 0.25) is 5.91 Å². The fraction of sp³-hybridized carbons (Fsp3) is 0.848. The van der Waals surface area contributed by atoms with Crippen molar-refractivity contribution in [3.8, 4) is 0 Å². The van der Waals surface area contributed by atoms with E-state index >= 15 is 0 Å². The van der Waals surface area contributed by atoms with Gasteiger partial charge in [-0.2, -0.15) is 0 Å². The van der Waals surface area contributed by atoms with E-state index in [1.54, 1.807) is 6.08 Å². The van der Waals surface area contributed by atoms with Crippen LogP contribution in [0, 0.1) is 0 Å². The van der Waals surface area contributed by atoms with E-state index in [4.69, 9.17) is 9.47 Å². The summed E-state index contributed by atoms with van der Waals surface area (Å²) >= 11 is 0. The number of carbonyl (C=O) groups is 1. The highest BCUT2D eigenvalue weighted by Crippen LogP contribution is 2.23. The number of unbranched alkanes of at least 4 members (excludes halogenated alkanes) is 22. The predicted molar refractivity (Wildman–Crippen MR) is 227 cm³/mol. The smallest absolute Gasteiger partial charge is 0.249 e. The quantitative estimate of drug-likeness (QED) is 0.0242. The Hall–Kier alpha value is -1.63. The molecule has 0 aromatic carbocycles. The molecule has 0 aliphatic carbocycles. The highest BCUT2D eigenvalue weighted by molar-refractivity contribution is 5.80. The molecule has 56 heavy (non-hydrogen) atoms. The molecule has 8 atom stereocenters. The number of aliphatic hydroxyl groups excluding tert-OH is 6. The molecule has 1 fully saturated rings. The fourth-order valence-corrected chi connectivity index (χ4v) is 7.08. The Morgan fingerprint density at radius 1 is 0.643 bits per heavy atom. The lowest BCUT2D eigenvalue weighted by Crippen LogP contribution is -2.60. The van der Waals surface area contributed by atoms with E-state index in [1.165, 1.54) is 109 Å². The lowest BCUT2D eigenvalue weighted by molar-refractivity contribution is -0.302. The molecule has 10 heteroatoms. The van der Waals surface area contributed by atoms with Crippen molar-refractivity contribution < 1.29 is 44.9 Å². The fourth-order valence-electron chi connectivity index (χ4n) is 7.08. The molecule has 1 aliphatic heterocycles. The van der Waals surface area contributed by atoms with Gasteiger partial charge in [0.25, 0.3) is 0 Å². The zero-order valence-electron chi connectivity index (χ0n) is 35.5. The molecular formula is C46H85NO9. The maximum absolute atomic E-state index is 13.0. The Labute approximate surface area is 341 Å². The summed E-state index contributed by atoms with van der Waals surface area (Å²) < 4.78 is 11.1. The molecule has 1 heterocycles. The zero-order chi connectivity index (χ0) is 41.1. The van der Waals surface area contributed by atoms with Gasteiger partial charge in [-0.25, -0.2) is 0 Å². The third kappa shape index (κ3) is 26.4. The largest absolute Gasteiger partial charge is 0.394 e. The van der Waals surface area contributed by atoms with Crippen LogP contribution in [0.15, 0.2) is 36.5 Å². The Morgan fingerprint density at radius 2 is 1.14 bits per heavy atom. The first-order valence-corrected chi connectivity index (χ1v) is 22.8. The van der Waals surface area contributed by atoms with Crippen LogP contribution in [0.1, 0.15) is 187 Å². The number of allylic oxidation sites excluding steroid dienone is 5. The summed E-state index contributed by atoms with van der Waals surface area (Å²) in [6.07, 6.45) is 33.8. The van der Waals surface area contributed by atoms with E-state index in [1.807, 2.05) is 6.08 Å². The van der Waals surface area contributed by atoms with E-state index in [0.717, 1.165) is 51.4 Å². The van der Waals surface area contributed by atoms with Crippen LogP contribution >= 0.6 is 0 Å². The van der Waals surface area contributed by atoms with Crippen LogP contribution in [-0.4, -0.2) is 98.7 Å². The SMILES string of the molecule is CC/C=C\C/C=C\CCCCCCCCCCCCCCCC(O)C(=O)NC(COC1OC(CO)C(O)C(O)C1O)C(O)/C=C/CCCCCCCCCCC. The van der Waals surface area contributed by atoms with Crippen molar-refractivity contribution in [2.24, 2.45) is 0 Å². The monoisotopic (exact) mass is 796 g/mol. The van der Waals surface area contributed by atoms with E-state index in [2.05, 4.69) is 43.5 Å². The molecule has 1 saturated heterocycles. The zero-order valence-corrected chi connectivity index (χ0v) is 35.5. The first-order valence-electron chi connectivity index (χ1n) is 22.8. The van der Waals surface area contributed by atoms with Crippen LogP contribution in [0.4, 0.5) is 0 Å². The van der Waals surface area contributed by atoms with Gasteiger partial charge >= 0.3 is 0 Å². The highest BCUT2D eigenvalue weighted by Gasteiger charge is 2.44. The Morgan fingerprint density at radius 3 is 1.68 bits per heavy atom. The summed E-state index contributed by atoms with van der Waals surface area (Å²) in [6.45, 7) is 3.48. The van der Waals surface area contributed by atoms with Gasteiger partial charge in [-0.1, -0.05) is 179 Å². The minimum absolute atomic E-state index is 0.305. The summed E-state index contributed by atoms with van der Waals surface area (Å²) in [5.74, 6) is -0.619. The third-order valence-corrected chi connectivity index (χ3v) is 10.8. The van der Waals surface area contributed by atoms with Crippen molar-refractivity contribution in [2.75, 3.05) is 13.2 Å². The lowest BCUT2D eigenvalue weighted by atomic mass is 9.99. The Balaban J connectivity index is 2.36. The predicted octanol–water partition coefficient (Wildman–Crippen LogP) is 8.25. The van der Waals surface area contributed by atoms with Crippen molar-refractivity contribution in [1.82, 2.24) is 5.32 Å². The van der Waals surface area contributed by atoms with E-state index in [9.17, 15) is 35.4 Å². The number of carbonyl (C=O) groups excluding carboxylic acids is 1. The van der Waals surface area contributed by atoms with Crippen LogP contribution in [-0.2, 0) is 14.3 Å². The summed E-state index contributed by atoms with van der Waals surface area (Å²) in [5.41, 5.74) is 0. The molecule has 0 aromatic rings. The third-order valence-electron chi connectivity index (χ3n) is 10.8. The molecule has 0 aromatic heterocycles. The molecule has 1 aliphatic rings. The molecule has 328 valence electrons. The van der Waals surface area contributed by atoms with Crippen molar-refractivity contribution in [3.63, 3.8) is 0 Å². The minimum atomic E-state index is -1.61. The number of rotatable bonds is 37. The molecule has 7 N–H and O–H groups in total. The summed E-state index contributed by atoms with van der Waals surface area (Å²) in [5, 5.41) is 64.5. The second-order valence-electron chi connectivity index (χ2n) is 16.0. The van der Waals surface area contributed by atoms with Crippen LogP contribution in [0.3, 0.4) is 0 Å². The standard InChI is InChI=1S/C46H85NO9/c1-3-5-7-9-11-13-15-16-17-18-19-20-21-22-23-25-27-29-31-33-35-40(50)45(54)47-38(37-55-46-44(53)43(52)42(51)41(36-48)56-46)39(49)34-32-30-28-26-24-14-12-10-8-6-4-2/h5,7,11,13,32,34,38-44,46,48-53H,3-4,6,8-10,12,14-31,33,35-37H2,1-2H3,(H,47,54)/b7-5-,13-11-,34-32+. The number of nitrogens with one attached hydrogen (secondary N) is 1. The average Bonchev–Trinajstić information content (AvgIpc) is 3.20. The summed E-state index contributed by atoms with van der Waals surface area (Å²) in [4.78, 5) is 13.0. The van der Waals surface area contributed by atoms with Crippen LogP contribution < -0.4 is 5.32 Å². The Bertz CT molecular complexity index is 990. The average molecular weight is 796 g/mol. The molecule has 10 nitrogen and oxygen atoms in total. The molecule has 8 unspecified atom stereocenters. The summed E-state index contributed by atoms with van der Waals surface area (Å²) in [6, 6.07) is -0.978. The first kappa shape index (κ1) is 52.4.